The van der Waals surface area contributed by atoms with E-state index in [0.29, 0.717) is 29.7 Å². The van der Waals surface area contributed by atoms with Crippen molar-refractivity contribution in [1.29, 1.82) is 0 Å². The normalized spacial score (nSPS) is 22.3. The molecule has 1 N–H and O–H groups in total. The summed E-state index contributed by atoms with van der Waals surface area (Å²) < 4.78 is 5.51. The molecule has 20 heavy (non-hydrogen) atoms. The van der Waals surface area contributed by atoms with E-state index in [4.69, 9.17) is 16.3 Å². The predicted molar refractivity (Wildman–Crippen MR) is 81.5 cm³/mol. The van der Waals surface area contributed by atoms with Gasteiger partial charge in [0.2, 0.25) is 0 Å². The van der Waals surface area contributed by atoms with Crippen molar-refractivity contribution in [2.45, 2.75) is 38.6 Å². The molecule has 2 atom stereocenters. The molecule has 1 aromatic rings. The molecule has 1 amide bonds. The molecule has 0 aromatic heterocycles. The van der Waals surface area contributed by atoms with Gasteiger partial charge in [0, 0.05) is 11.9 Å². The first-order chi connectivity index (χ1) is 9.76. The summed E-state index contributed by atoms with van der Waals surface area (Å²) >= 11 is 6.01. The first-order valence-corrected chi connectivity index (χ1v) is 7.88. The van der Waals surface area contributed by atoms with Crippen molar-refractivity contribution in [2.24, 2.45) is 5.92 Å². The third-order valence-corrected chi connectivity index (χ3v) is 4.25. The van der Waals surface area contributed by atoms with Crippen LogP contribution in [0.5, 0.6) is 5.75 Å². The van der Waals surface area contributed by atoms with E-state index < -0.39 is 0 Å². The van der Waals surface area contributed by atoms with Gasteiger partial charge in [0.05, 0.1) is 12.2 Å². The Morgan fingerprint density at radius 1 is 1.35 bits per heavy atom. The summed E-state index contributed by atoms with van der Waals surface area (Å²) in [6.45, 7) is 2.47. The van der Waals surface area contributed by atoms with Crippen LogP contribution in [0.1, 0.15) is 43.0 Å². The van der Waals surface area contributed by atoms with Crippen molar-refractivity contribution in [2.75, 3.05) is 12.5 Å². The number of nitrogens with one attached hydrogen (secondary N) is 1. The molecule has 2 unspecified atom stereocenters. The van der Waals surface area contributed by atoms with E-state index in [-0.39, 0.29) is 11.9 Å². The lowest BCUT2D eigenvalue weighted by atomic mass is 9.85. The Morgan fingerprint density at radius 2 is 2.10 bits per heavy atom. The molecular formula is C16H22ClNO2. The van der Waals surface area contributed by atoms with Crippen LogP contribution in [0, 0.1) is 5.92 Å². The minimum absolute atomic E-state index is 0.0592. The van der Waals surface area contributed by atoms with Crippen LogP contribution in [0.4, 0.5) is 0 Å². The number of alkyl halides is 1. The van der Waals surface area contributed by atoms with E-state index >= 15 is 0 Å². The van der Waals surface area contributed by atoms with Crippen LogP contribution in [0.2, 0.25) is 0 Å². The number of ether oxygens (including phenoxy) is 1. The maximum absolute atomic E-state index is 12.4. The lowest BCUT2D eigenvalue weighted by Crippen LogP contribution is -2.42. The van der Waals surface area contributed by atoms with E-state index in [0.717, 1.165) is 19.3 Å². The molecule has 0 radical (unpaired) electrons. The zero-order valence-corrected chi connectivity index (χ0v) is 12.7. The third kappa shape index (κ3) is 3.66. The third-order valence-electron chi connectivity index (χ3n) is 3.86. The minimum Gasteiger partial charge on any atom is -0.493 e. The molecule has 3 nitrogen and oxygen atoms in total. The average molecular weight is 296 g/mol. The number of carbonyl (C=O) groups excluding carboxylic acids is 1. The summed E-state index contributed by atoms with van der Waals surface area (Å²) in [5, 5.41) is 3.13. The van der Waals surface area contributed by atoms with Crippen LogP contribution in [0.25, 0.3) is 0 Å². The monoisotopic (exact) mass is 295 g/mol. The first kappa shape index (κ1) is 15.2. The molecule has 110 valence electrons. The second kappa shape index (κ2) is 7.53. The van der Waals surface area contributed by atoms with Crippen molar-refractivity contribution in [3.63, 3.8) is 0 Å². The fraction of sp³-hybridized carbons (Fsp3) is 0.562. The van der Waals surface area contributed by atoms with Crippen LogP contribution in [0.15, 0.2) is 24.3 Å². The van der Waals surface area contributed by atoms with Gasteiger partial charge in [-0.2, -0.15) is 0 Å². The van der Waals surface area contributed by atoms with Gasteiger partial charge in [0.15, 0.2) is 0 Å². The highest BCUT2D eigenvalue weighted by Crippen LogP contribution is 2.26. The Balaban J connectivity index is 2.07. The lowest BCUT2D eigenvalue weighted by Gasteiger charge is -2.31. The topological polar surface area (TPSA) is 38.3 Å². The Kier molecular flexibility index (Phi) is 5.72. The largest absolute Gasteiger partial charge is 0.493 e. The van der Waals surface area contributed by atoms with Crippen molar-refractivity contribution in [3.8, 4) is 5.75 Å². The van der Waals surface area contributed by atoms with Crippen molar-refractivity contribution in [3.05, 3.63) is 29.8 Å². The summed E-state index contributed by atoms with van der Waals surface area (Å²) in [5.41, 5.74) is 0.605. The molecule has 0 spiro atoms. The maximum Gasteiger partial charge on any atom is 0.255 e. The van der Waals surface area contributed by atoms with Crippen molar-refractivity contribution < 1.29 is 9.53 Å². The Bertz CT molecular complexity index is 450. The van der Waals surface area contributed by atoms with Crippen LogP contribution in [-0.4, -0.2) is 24.4 Å². The zero-order valence-electron chi connectivity index (χ0n) is 11.9. The fourth-order valence-electron chi connectivity index (χ4n) is 2.76. The molecule has 0 saturated heterocycles. The van der Waals surface area contributed by atoms with E-state index in [9.17, 15) is 4.79 Å². The van der Waals surface area contributed by atoms with E-state index in [1.54, 1.807) is 6.07 Å². The number of halogens is 1. The number of para-hydroxylation sites is 1. The standard InChI is InChI=1S/C16H22ClNO2/c1-2-20-15-10-6-4-8-13(15)16(19)18-14-9-5-3-7-12(14)11-17/h4,6,8,10,12,14H,2-3,5,7,9,11H2,1H3,(H,18,19). The number of amides is 1. The summed E-state index contributed by atoms with van der Waals surface area (Å²) in [6, 6.07) is 7.56. The smallest absolute Gasteiger partial charge is 0.255 e. The van der Waals surface area contributed by atoms with Gasteiger partial charge in [-0.15, -0.1) is 11.6 Å². The van der Waals surface area contributed by atoms with Crippen LogP contribution in [0.3, 0.4) is 0 Å². The molecule has 1 aromatic carbocycles. The number of hydrogen-bond acceptors (Lipinski definition) is 2. The van der Waals surface area contributed by atoms with Gasteiger partial charge in [-0.05, 0) is 37.8 Å². The minimum atomic E-state index is -0.0592. The molecule has 2 rings (SSSR count). The molecule has 0 aliphatic heterocycles. The average Bonchev–Trinajstić information content (AvgIpc) is 2.48. The van der Waals surface area contributed by atoms with Gasteiger partial charge < -0.3 is 10.1 Å². The molecule has 0 heterocycles. The van der Waals surface area contributed by atoms with Gasteiger partial charge in [0.1, 0.15) is 5.75 Å². The summed E-state index contributed by atoms with van der Waals surface area (Å²) in [6.07, 6.45) is 4.48. The van der Waals surface area contributed by atoms with Crippen LogP contribution in [-0.2, 0) is 0 Å². The molecule has 1 saturated carbocycles. The highest BCUT2D eigenvalue weighted by molar-refractivity contribution is 6.18. The molecule has 1 aliphatic carbocycles. The highest BCUT2D eigenvalue weighted by Gasteiger charge is 2.26. The Hall–Kier alpha value is -1.22. The highest BCUT2D eigenvalue weighted by atomic mass is 35.5. The SMILES string of the molecule is CCOc1ccccc1C(=O)NC1CCCCC1CCl. The van der Waals surface area contributed by atoms with Crippen molar-refractivity contribution in [1.82, 2.24) is 5.32 Å². The molecule has 1 aliphatic rings. The Labute approximate surface area is 125 Å². The second-order valence-corrected chi connectivity index (χ2v) is 5.52. The Morgan fingerprint density at radius 3 is 2.85 bits per heavy atom. The van der Waals surface area contributed by atoms with Crippen LogP contribution >= 0.6 is 11.6 Å². The van der Waals surface area contributed by atoms with Gasteiger partial charge in [-0.25, -0.2) is 0 Å². The maximum atomic E-state index is 12.4. The zero-order chi connectivity index (χ0) is 14.4. The van der Waals surface area contributed by atoms with E-state index in [2.05, 4.69) is 5.32 Å². The molecular weight excluding hydrogens is 274 g/mol. The van der Waals surface area contributed by atoms with Gasteiger partial charge in [0.25, 0.3) is 5.91 Å². The number of carbonyl (C=O) groups is 1. The van der Waals surface area contributed by atoms with Crippen molar-refractivity contribution >= 4 is 17.5 Å². The van der Waals surface area contributed by atoms with Gasteiger partial charge in [-0.1, -0.05) is 25.0 Å². The quantitative estimate of drug-likeness (QED) is 0.843. The van der Waals surface area contributed by atoms with Crippen LogP contribution < -0.4 is 10.1 Å². The van der Waals surface area contributed by atoms with Gasteiger partial charge in [-0.3, -0.25) is 4.79 Å². The molecule has 0 bridgehead atoms. The number of benzene rings is 1. The van der Waals surface area contributed by atoms with E-state index in [1.165, 1.54) is 6.42 Å². The number of hydrogen-bond donors (Lipinski definition) is 1. The number of rotatable bonds is 5. The van der Waals surface area contributed by atoms with Gasteiger partial charge >= 0.3 is 0 Å². The molecule has 4 heteroatoms. The summed E-state index contributed by atoms with van der Waals surface area (Å²) in [4.78, 5) is 12.4. The van der Waals surface area contributed by atoms with E-state index in [1.807, 2.05) is 25.1 Å². The summed E-state index contributed by atoms with van der Waals surface area (Å²) in [7, 11) is 0. The second-order valence-electron chi connectivity index (χ2n) is 5.21. The summed E-state index contributed by atoms with van der Waals surface area (Å²) in [5.74, 6) is 1.58. The fourth-order valence-corrected chi connectivity index (χ4v) is 3.13. The molecule has 1 fully saturated rings. The lowest BCUT2D eigenvalue weighted by molar-refractivity contribution is 0.0907. The first-order valence-electron chi connectivity index (χ1n) is 7.35. The predicted octanol–water partition coefficient (Wildman–Crippen LogP) is 3.61.